The highest BCUT2D eigenvalue weighted by molar-refractivity contribution is 7.91. The van der Waals surface area contributed by atoms with Crippen LogP contribution >= 0.6 is 11.3 Å². The molecule has 0 radical (unpaired) electrons. The molecule has 2 aliphatic rings. The quantitative estimate of drug-likeness (QED) is 0.391. The third-order valence-electron chi connectivity index (χ3n) is 7.13. The summed E-state index contributed by atoms with van der Waals surface area (Å²) in [7, 11) is -3.59. The van der Waals surface area contributed by atoms with Gasteiger partial charge >= 0.3 is 0 Å². The van der Waals surface area contributed by atoms with Crippen LogP contribution in [0.5, 0.6) is 0 Å². The number of benzene rings is 3. The molecule has 1 aliphatic heterocycles. The Kier molecular flexibility index (Phi) is 6.42. The Labute approximate surface area is 221 Å². The molecule has 8 heteroatoms. The van der Waals surface area contributed by atoms with Crippen molar-refractivity contribution in [2.45, 2.75) is 16.8 Å². The van der Waals surface area contributed by atoms with Crippen LogP contribution in [0, 0.1) is 0 Å². The molecule has 1 N–H and O–H groups in total. The van der Waals surface area contributed by atoms with E-state index in [-0.39, 0.29) is 11.9 Å². The molecular formula is C29H27N3O3S2. The summed E-state index contributed by atoms with van der Waals surface area (Å²) < 4.78 is 28.7. The van der Waals surface area contributed by atoms with Crippen LogP contribution < -0.4 is 5.32 Å². The lowest BCUT2D eigenvalue weighted by Crippen LogP contribution is -2.49. The fourth-order valence-electron chi connectivity index (χ4n) is 5.30. The van der Waals surface area contributed by atoms with E-state index in [0.717, 1.165) is 4.88 Å². The van der Waals surface area contributed by atoms with Crippen LogP contribution in [0.4, 0.5) is 0 Å². The molecule has 6 rings (SSSR count). The topological polar surface area (TPSA) is 69.7 Å². The zero-order valence-electron chi connectivity index (χ0n) is 20.2. The van der Waals surface area contributed by atoms with Crippen LogP contribution in [-0.2, 0) is 16.6 Å². The second kappa shape index (κ2) is 9.87. The maximum atomic E-state index is 13.4. The number of amides is 1. The number of hydrogen-bond donors (Lipinski definition) is 1. The smallest absolute Gasteiger partial charge is 0.252 e. The van der Waals surface area contributed by atoms with Gasteiger partial charge in [0.15, 0.2) is 0 Å². The zero-order valence-corrected chi connectivity index (χ0v) is 21.8. The van der Waals surface area contributed by atoms with Gasteiger partial charge < -0.3 is 5.32 Å². The van der Waals surface area contributed by atoms with E-state index >= 15 is 0 Å². The average Bonchev–Trinajstić information content (AvgIpc) is 3.56. The summed E-state index contributed by atoms with van der Waals surface area (Å²) in [5.74, 6) is -0.176. The van der Waals surface area contributed by atoms with Crippen LogP contribution in [0.15, 0.2) is 95.2 Å². The van der Waals surface area contributed by atoms with Gasteiger partial charge in [0.2, 0.25) is 0 Å². The Morgan fingerprint density at radius 3 is 2.03 bits per heavy atom. The van der Waals surface area contributed by atoms with E-state index in [1.807, 2.05) is 18.2 Å². The average molecular weight is 530 g/mol. The lowest BCUT2D eigenvalue weighted by atomic mass is 10.0. The molecule has 1 aliphatic carbocycles. The molecule has 37 heavy (non-hydrogen) atoms. The Bertz CT molecular complexity index is 1500. The minimum absolute atomic E-state index is 0.152. The highest BCUT2D eigenvalue weighted by Gasteiger charge is 2.37. The predicted octanol–water partition coefficient (Wildman–Crippen LogP) is 4.75. The number of fused-ring (bicyclic) bond motifs is 3. The summed E-state index contributed by atoms with van der Waals surface area (Å²) in [6.45, 7) is 2.51. The maximum absolute atomic E-state index is 13.4. The number of nitrogens with one attached hydrogen (secondary N) is 1. The van der Waals surface area contributed by atoms with E-state index in [2.05, 4.69) is 58.7 Å². The molecule has 0 saturated carbocycles. The van der Waals surface area contributed by atoms with Crippen molar-refractivity contribution in [1.29, 1.82) is 0 Å². The van der Waals surface area contributed by atoms with E-state index < -0.39 is 10.0 Å². The second-order valence-corrected chi connectivity index (χ2v) is 12.6. The molecule has 0 spiro atoms. The molecule has 6 nitrogen and oxygen atoms in total. The minimum Gasteiger partial charge on any atom is -0.347 e. The highest BCUT2D eigenvalue weighted by atomic mass is 32.2. The van der Waals surface area contributed by atoms with Crippen molar-refractivity contribution in [3.63, 3.8) is 0 Å². The van der Waals surface area contributed by atoms with Gasteiger partial charge in [0.25, 0.3) is 15.9 Å². The largest absolute Gasteiger partial charge is 0.347 e. The van der Waals surface area contributed by atoms with Gasteiger partial charge in [-0.05, 0) is 46.5 Å². The molecule has 4 aromatic rings. The maximum Gasteiger partial charge on any atom is 0.252 e. The van der Waals surface area contributed by atoms with Gasteiger partial charge in [-0.1, -0.05) is 66.7 Å². The standard InChI is InChI=1S/C29H27N3O3S2/c33-29(21-8-2-1-3-9-21)30-20-22-14-15-27(36-22)37(34,35)32-18-16-31(17-19-32)28-25-12-6-4-10-23(25)24-11-5-7-13-26(24)28/h1-15,28H,16-20H2,(H,30,33). The van der Waals surface area contributed by atoms with Crippen LogP contribution in [-0.4, -0.2) is 49.7 Å². The van der Waals surface area contributed by atoms with Crippen molar-refractivity contribution < 1.29 is 13.2 Å². The molecule has 0 bridgehead atoms. The Morgan fingerprint density at radius 2 is 1.38 bits per heavy atom. The number of piperazine rings is 1. The van der Waals surface area contributed by atoms with Gasteiger partial charge in [-0.25, -0.2) is 8.42 Å². The first-order chi connectivity index (χ1) is 18.0. The summed E-state index contributed by atoms with van der Waals surface area (Å²) in [6, 6.07) is 29.6. The van der Waals surface area contributed by atoms with Crippen LogP contribution in [0.3, 0.4) is 0 Å². The van der Waals surface area contributed by atoms with E-state index in [9.17, 15) is 13.2 Å². The van der Waals surface area contributed by atoms with Gasteiger partial charge in [-0.15, -0.1) is 11.3 Å². The first-order valence-corrected chi connectivity index (χ1v) is 14.6. The molecule has 1 amide bonds. The number of thiophene rings is 1. The van der Waals surface area contributed by atoms with Crippen LogP contribution in [0.1, 0.15) is 32.4 Å². The molecule has 3 aromatic carbocycles. The molecule has 2 heterocycles. The lowest BCUT2D eigenvalue weighted by molar-refractivity contribution is 0.0951. The van der Waals surface area contributed by atoms with Crippen molar-refractivity contribution >= 4 is 27.3 Å². The SMILES string of the molecule is O=C(NCc1ccc(S(=O)(=O)N2CCN(C3c4ccccc4-c4ccccc43)CC2)s1)c1ccccc1. The zero-order chi connectivity index (χ0) is 25.4. The van der Waals surface area contributed by atoms with Crippen molar-refractivity contribution in [2.24, 2.45) is 0 Å². The monoisotopic (exact) mass is 529 g/mol. The van der Waals surface area contributed by atoms with E-state index in [1.165, 1.54) is 33.6 Å². The summed E-state index contributed by atoms with van der Waals surface area (Å²) >= 11 is 1.22. The van der Waals surface area contributed by atoms with Crippen molar-refractivity contribution in [2.75, 3.05) is 26.2 Å². The predicted molar refractivity (Wildman–Crippen MR) is 146 cm³/mol. The molecular weight excluding hydrogens is 502 g/mol. The Hall–Kier alpha value is -3.30. The van der Waals surface area contributed by atoms with Crippen LogP contribution in [0.25, 0.3) is 11.1 Å². The normalized spacial score (nSPS) is 16.3. The van der Waals surface area contributed by atoms with Crippen LogP contribution in [0.2, 0.25) is 0 Å². The van der Waals surface area contributed by atoms with E-state index in [0.29, 0.717) is 42.5 Å². The Balaban J connectivity index is 1.12. The molecule has 0 unspecified atom stereocenters. The third-order valence-corrected chi connectivity index (χ3v) is 10.6. The second-order valence-electron chi connectivity index (χ2n) is 9.29. The minimum atomic E-state index is -3.59. The number of hydrogen-bond acceptors (Lipinski definition) is 5. The van der Waals surface area contributed by atoms with Gasteiger partial charge in [0, 0.05) is 36.6 Å². The van der Waals surface area contributed by atoms with Gasteiger partial charge in [-0.3, -0.25) is 9.69 Å². The van der Waals surface area contributed by atoms with Gasteiger partial charge in [0.1, 0.15) is 4.21 Å². The summed E-state index contributed by atoms with van der Waals surface area (Å²) in [5.41, 5.74) is 5.70. The number of rotatable bonds is 6. The van der Waals surface area contributed by atoms with Crippen molar-refractivity contribution in [1.82, 2.24) is 14.5 Å². The van der Waals surface area contributed by atoms with Gasteiger partial charge in [-0.2, -0.15) is 4.31 Å². The fraction of sp³-hybridized carbons (Fsp3) is 0.207. The number of nitrogens with zero attached hydrogens (tertiary/aromatic N) is 2. The summed E-state index contributed by atoms with van der Waals surface area (Å²) in [4.78, 5) is 15.5. The van der Waals surface area contributed by atoms with E-state index in [4.69, 9.17) is 0 Å². The highest BCUT2D eigenvalue weighted by Crippen LogP contribution is 2.46. The molecule has 1 fully saturated rings. The van der Waals surface area contributed by atoms with Crippen molar-refractivity contribution in [3.8, 4) is 11.1 Å². The Morgan fingerprint density at radius 1 is 0.784 bits per heavy atom. The summed E-state index contributed by atoms with van der Waals surface area (Å²) in [6.07, 6.45) is 0. The van der Waals surface area contributed by atoms with E-state index in [1.54, 1.807) is 28.6 Å². The first kappa shape index (κ1) is 24.1. The summed E-state index contributed by atoms with van der Waals surface area (Å²) in [5, 5.41) is 2.87. The third kappa shape index (κ3) is 4.51. The number of carbonyl (C=O) groups is 1. The van der Waals surface area contributed by atoms with Gasteiger partial charge in [0.05, 0.1) is 12.6 Å². The molecule has 1 saturated heterocycles. The first-order valence-electron chi connectivity index (χ1n) is 12.4. The number of sulfonamides is 1. The fourth-order valence-corrected chi connectivity index (χ4v) is 8.17. The molecule has 0 atom stereocenters. The number of carbonyl (C=O) groups excluding carboxylic acids is 1. The molecule has 1 aromatic heterocycles. The lowest BCUT2D eigenvalue weighted by Gasteiger charge is -2.38. The van der Waals surface area contributed by atoms with Crippen molar-refractivity contribution in [3.05, 3.63) is 113 Å². The molecule has 188 valence electrons.